The fourth-order valence-corrected chi connectivity index (χ4v) is 2.12. The number of likely N-dealkylation sites (tertiary alicyclic amines) is 1. The van der Waals surface area contributed by atoms with E-state index in [1.165, 1.54) is 0 Å². The quantitative estimate of drug-likeness (QED) is 0.910. The van der Waals surface area contributed by atoms with Crippen LogP contribution in [0.1, 0.15) is 16.8 Å². The van der Waals surface area contributed by atoms with E-state index in [1.54, 1.807) is 37.3 Å². The monoisotopic (exact) mass is 286 g/mol. The van der Waals surface area contributed by atoms with Crippen molar-refractivity contribution in [2.45, 2.75) is 12.5 Å². The van der Waals surface area contributed by atoms with Gasteiger partial charge in [0.1, 0.15) is 0 Å². The summed E-state index contributed by atoms with van der Waals surface area (Å²) in [5.41, 5.74) is 6.40. The van der Waals surface area contributed by atoms with Gasteiger partial charge in [0.15, 0.2) is 11.5 Å². The summed E-state index contributed by atoms with van der Waals surface area (Å²) in [6, 6.07) is 5.27. The molecule has 0 aliphatic carbocycles. The zero-order valence-corrected chi connectivity index (χ0v) is 11.9. The molecule has 1 aromatic carbocycles. The average Bonchev–Trinajstić information content (AvgIpc) is 2.83. The molecule has 1 aliphatic rings. The maximum Gasteiger partial charge on any atom is 0.254 e. The van der Waals surface area contributed by atoms with E-state index in [4.69, 9.17) is 15.2 Å². The van der Waals surface area contributed by atoms with E-state index in [0.29, 0.717) is 30.2 Å². The molecule has 1 atom stereocenters. The molecule has 6 heteroatoms. The summed E-state index contributed by atoms with van der Waals surface area (Å²) in [6.45, 7) is 1.33. The number of rotatable bonds is 3. The Morgan fingerprint density at radius 1 is 1.32 bits per heavy atom. The number of hydrogen-bond acceptors (Lipinski definition) is 4. The number of ether oxygens (including phenoxy) is 2. The van der Waals surface area contributed by atoms with Crippen LogP contribution in [0.2, 0.25) is 0 Å². The smallest absolute Gasteiger partial charge is 0.254 e. The van der Waals surface area contributed by atoms with E-state index in [0.717, 1.165) is 6.42 Å². The van der Waals surface area contributed by atoms with Crippen LogP contribution in [0, 0.1) is 0 Å². The lowest BCUT2D eigenvalue weighted by atomic mass is 10.1. The Bertz CT molecular complexity index is 454. The summed E-state index contributed by atoms with van der Waals surface area (Å²) < 4.78 is 10.3. The summed E-state index contributed by atoms with van der Waals surface area (Å²) in [7, 11) is 3.12. The first kappa shape index (κ1) is 15.6. The molecule has 1 aromatic rings. The highest BCUT2D eigenvalue weighted by Crippen LogP contribution is 2.28. The van der Waals surface area contributed by atoms with Crippen molar-refractivity contribution in [2.24, 2.45) is 5.73 Å². The lowest BCUT2D eigenvalue weighted by Crippen LogP contribution is -2.31. The highest BCUT2D eigenvalue weighted by atomic mass is 35.5. The van der Waals surface area contributed by atoms with Gasteiger partial charge in [-0.25, -0.2) is 0 Å². The molecule has 0 saturated carbocycles. The second-order valence-corrected chi connectivity index (χ2v) is 4.37. The van der Waals surface area contributed by atoms with Gasteiger partial charge in [0, 0.05) is 24.7 Å². The summed E-state index contributed by atoms with van der Waals surface area (Å²) in [5, 5.41) is 0. The standard InChI is InChI=1S/C13H18N2O3.ClH/c1-17-11-4-3-9(7-12(11)18-2)13(16)15-6-5-10(14)8-15;/h3-4,7,10H,5-6,8,14H2,1-2H3;1H. The number of hydrogen-bond donors (Lipinski definition) is 1. The number of carbonyl (C=O) groups is 1. The number of amides is 1. The number of carbonyl (C=O) groups excluding carboxylic acids is 1. The van der Waals surface area contributed by atoms with Crippen molar-refractivity contribution in [3.8, 4) is 11.5 Å². The van der Waals surface area contributed by atoms with Crippen LogP contribution in [0.25, 0.3) is 0 Å². The Kier molecular flexibility index (Phi) is 5.44. The Morgan fingerprint density at radius 3 is 2.53 bits per heavy atom. The van der Waals surface area contributed by atoms with Crippen molar-refractivity contribution in [1.82, 2.24) is 4.90 Å². The SMILES string of the molecule is COc1ccc(C(=O)N2CCC(N)C2)cc1OC.Cl. The van der Waals surface area contributed by atoms with Crippen LogP contribution in [0.4, 0.5) is 0 Å². The zero-order chi connectivity index (χ0) is 13.1. The van der Waals surface area contributed by atoms with Crippen molar-refractivity contribution in [1.29, 1.82) is 0 Å². The van der Waals surface area contributed by atoms with Crippen molar-refractivity contribution in [2.75, 3.05) is 27.3 Å². The minimum Gasteiger partial charge on any atom is -0.493 e. The van der Waals surface area contributed by atoms with Gasteiger partial charge in [-0.15, -0.1) is 12.4 Å². The Balaban J connectivity index is 0.00000180. The van der Waals surface area contributed by atoms with Crippen LogP contribution in [0.15, 0.2) is 18.2 Å². The molecule has 1 unspecified atom stereocenters. The molecule has 2 N–H and O–H groups in total. The zero-order valence-electron chi connectivity index (χ0n) is 11.1. The molecular formula is C13H19ClN2O3. The van der Waals surface area contributed by atoms with Crippen LogP contribution in [-0.2, 0) is 0 Å². The maximum absolute atomic E-state index is 12.2. The third-order valence-corrected chi connectivity index (χ3v) is 3.14. The molecule has 1 fully saturated rings. The van der Waals surface area contributed by atoms with Gasteiger partial charge >= 0.3 is 0 Å². The van der Waals surface area contributed by atoms with E-state index < -0.39 is 0 Å². The Labute approximate surface area is 119 Å². The van der Waals surface area contributed by atoms with E-state index in [-0.39, 0.29) is 24.4 Å². The lowest BCUT2D eigenvalue weighted by molar-refractivity contribution is 0.0790. The Hall–Kier alpha value is -1.46. The lowest BCUT2D eigenvalue weighted by Gasteiger charge is -2.16. The molecule has 2 rings (SSSR count). The predicted molar refractivity (Wildman–Crippen MR) is 75.3 cm³/mol. The van der Waals surface area contributed by atoms with Gasteiger partial charge in [0.25, 0.3) is 5.91 Å². The molecule has 5 nitrogen and oxygen atoms in total. The van der Waals surface area contributed by atoms with Crippen LogP contribution >= 0.6 is 12.4 Å². The van der Waals surface area contributed by atoms with E-state index in [9.17, 15) is 4.79 Å². The molecular weight excluding hydrogens is 268 g/mol. The molecule has 106 valence electrons. The number of methoxy groups -OCH3 is 2. The summed E-state index contributed by atoms with van der Waals surface area (Å²) in [5.74, 6) is 1.17. The van der Waals surface area contributed by atoms with E-state index >= 15 is 0 Å². The van der Waals surface area contributed by atoms with Gasteiger partial charge in [-0.1, -0.05) is 0 Å². The van der Waals surface area contributed by atoms with Crippen LogP contribution < -0.4 is 15.2 Å². The molecule has 0 radical (unpaired) electrons. The highest BCUT2D eigenvalue weighted by Gasteiger charge is 2.25. The van der Waals surface area contributed by atoms with Gasteiger partial charge in [0.05, 0.1) is 14.2 Å². The minimum atomic E-state index is -0.0103. The first-order chi connectivity index (χ1) is 8.65. The van der Waals surface area contributed by atoms with Crippen molar-refractivity contribution < 1.29 is 14.3 Å². The molecule has 0 spiro atoms. The number of nitrogens with two attached hydrogens (primary N) is 1. The molecule has 0 aromatic heterocycles. The van der Waals surface area contributed by atoms with Gasteiger partial charge in [0.2, 0.25) is 0 Å². The van der Waals surface area contributed by atoms with Crippen molar-refractivity contribution in [3.63, 3.8) is 0 Å². The molecule has 1 aliphatic heterocycles. The third-order valence-electron chi connectivity index (χ3n) is 3.14. The van der Waals surface area contributed by atoms with Crippen LogP contribution in [0.5, 0.6) is 11.5 Å². The maximum atomic E-state index is 12.2. The molecule has 19 heavy (non-hydrogen) atoms. The fourth-order valence-electron chi connectivity index (χ4n) is 2.12. The largest absolute Gasteiger partial charge is 0.493 e. The average molecular weight is 287 g/mol. The van der Waals surface area contributed by atoms with Crippen LogP contribution in [-0.4, -0.2) is 44.2 Å². The third kappa shape index (κ3) is 3.30. The molecule has 1 saturated heterocycles. The fraction of sp³-hybridized carbons (Fsp3) is 0.462. The Morgan fingerprint density at radius 2 is 2.00 bits per heavy atom. The van der Waals surface area contributed by atoms with E-state index in [1.807, 2.05) is 0 Å². The number of halogens is 1. The van der Waals surface area contributed by atoms with Gasteiger partial charge in [-0.3, -0.25) is 4.79 Å². The molecule has 1 heterocycles. The summed E-state index contributed by atoms with van der Waals surface area (Å²) in [4.78, 5) is 14.0. The topological polar surface area (TPSA) is 64.8 Å². The van der Waals surface area contributed by atoms with E-state index in [2.05, 4.69) is 0 Å². The first-order valence-corrected chi connectivity index (χ1v) is 5.92. The summed E-state index contributed by atoms with van der Waals surface area (Å²) in [6.07, 6.45) is 0.860. The van der Waals surface area contributed by atoms with Crippen LogP contribution in [0.3, 0.4) is 0 Å². The number of benzene rings is 1. The van der Waals surface area contributed by atoms with Gasteiger partial charge in [-0.2, -0.15) is 0 Å². The highest BCUT2D eigenvalue weighted by molar-refractivity contribution is 5.95. The second-order valence-electron chi connectivity index (χ2n) is 4.37. The first-order valence-electron chi connectivity index (χ1n) is 5.92. The second kappa shape index (κ2) is 6.63. The molecule has 0 bridgehead atoms. The predicted octanol–water partition coefficient (Wildman–Crippen LogP) is 1.30. The minimum absolute atomic E-state index is 0. The number of nitrogens with zero attached hydrogens (tertiary/aromatic N) is 1. The van der Waals surface area contributed by atoms with Gasteiger partial charge < -0.3 is 20.1 Å². The summed E-state index contributed by atoms with van der Waals surface area (Å²) >= 11 is 0. The molecule has 1 amide bonds. The van der Waals surface area contributed by atoms with Gasteiger partial charge in [-0.05, 0) is 24.6 Å². The van der Waals surface area contributed by atoms with Crippen molar-refractivity contribution >= 4 is 18.3 Å². The normalized spacial score (nSPS) is 17.8. The van der Waals surface area contributed by atoms with Crippen molar-refractivity contribution in [3.05, 3.63) is 23.8 Å².